The van der Waals surface area contributed by atoms with E-state index in [1.165, 1.54) is 5.69 Å². The molecule has 1 aromatic rings. The summed E-state index contributed by atoms with van der Waals surface area (Å²) in [6.45, 7) is 6.29. The first-order valence-electron chi connectivity index (χ1n) is 7.06. The first-order chi connectivity index (χ1) is 8.66. The van der Waals surface area contributed by atoms with Gasteiger partial charge in [-0.1, -0.05) is 0 Å². The van der Waals surface area contributed by atoms with E-state index in [2.05, 4.69) is 28.7 Å². The zero-order chi connectivity index (χ0) is 13.0. The number of nitrogens with zero attached hydrogens (tertiary/aromatic N) is 2. The third-order valence-electron chi connectivity index (χ3n) is 3.86. The van der Waals surface area contributed by atoms with Gasteiger partial charge in [-0.15, -0.1) is 0 Å². The molecule has 4 heteroatoms. The van der Waals surface area contributed by atoms with Gasteiger partial charge in [-0.25, -0.2) is 4.98 Å². The minimum absolute atomic E-state index is 0.0522. The Morgan fingerprint density at radius 3 is 2.78 bits per heavy atom. The van der Waals surface area contributed by atoms with E-state index < -0.39 is 0 Å². The van der Waals surface area contributed by atoms with E-state index in [1.807, 2.05) is 12.5 Å². The summed E-state index contributed by atoms with van der Waals surface area (Å²) >= 11 is 0. The number of imidazole rings is 1. The van der Waals surface area contributed by atoms with Crippen molar-refractivity contribution in [1.82, 2.24) is 14.9 Å². The van der Waals surface area contributed by atoms with E-state index in [4.69, 9.17) is 0 Å². The fourth-order valence-electron chi connectivity index (χ4n) is 2.69. The lowest BCUT2D eigenvalue weighted by Crippen LogP contribution is -2.28. The maximum atomic E-state index is 9.47. The van der Waals surface area contributed by atoms with Gasteiger partial charge in [0.05, 0.1) is 18.1 Å². The lowest BCUT2D eigenvalue weighted by molar-refractivity contribution is 0.108. The quantitative estimate of drug-likeness (QED) is 0.842. The molecular formula is C14H25N3O. The van der Waals surface area contributed by atoms with Crippen molar-refractivity contribution in [3.63, 3.8) is 0 Å². The van der Waals surface area contributed by atoms with Crippen LogP contribution in [-0.4, -0.2) is 27.3 Å². The second-order valence-corrected chi connectivity index (χ2v) is 5.69. The molecule has 2 N–H and O–H groups in total. The minimum Gasteiger partial charge on any atom is -0.393 e. The molecule has 0 unspecified atom stereocenters. The molecule has 1 heterocycles. The summed E-state index contributed by atoms with van der Waals surface area (Å²) in [7, 11) is 0. The average Bonchev–Trinajstić information content (AvgIpc) is 2.80. The third kappa shape index (κ3) is 3.56. The van der Waals surface area contributed by atoms with Crippen LogP contribution in [0.2, 0.25) is 0 Å². The van der Waals surface area contributed by atoms with Gasteiger partial charge in [-0.05, 0) is 52.0 Å². The topological polar surface area (TPSA) is 50.1 Å². The smallest absolute Gasteiger partial charge is 0.0951 e. The number of hydrogen-bond acceptors (Lipinski definition) is 3. The minimum atomic E-state index is -0.0522. The Labute approximate surface area is 109 Å². The van der Waals surface area contributed by atoms with Gasteiger partial charge in [0.2, 0.25) is 0 Å². The van der Waals surface area contributed by atoms with E-state index in [1.54, 1.807) is 0 Å². The van der Waals surface area contributed by atoms with Crippen LogP contribution in [0.1, 0.15) is 51.3 Å². The van der Waals surface area contributed by atoms with Gasteiger partial charge >= 0.3 is 0 Å². The van der Waals surface area contributed by atoms with Crippen LogP contribution in [0.4, 0.5) is 0 Å². The lowest BCUT2D eigenvalue weighted by Gasteiger charge is -2.25. The van der Waals surface area contributed by atoms with Crippen LogP contribution >= 0.6 is 0 Å². The predicted molar refractivity (Wildman–Crippen MR) is 72.3 cm³/mol. The average molecular weight is 251 g/mol. The Kier molecular flexibility index (Phi) is 4.78. The summed E-state index contributed by atoms with van der Waals surface area (Å²) in [5, 5.41) is 13.0. The standard InChI is InChI=1S/C14H25N3O/c1-11(2)17-10-16-9-13(17)8-15-7-12-3-5-14(18)6-4-12/h9-12,14-15,18H,3-8H2,1-2H3. The van der Waals surface area contributed by atoms with Gasteiger partial charge in [0, 0.05) is 18.8 Å². The van der Waals surface area contributed by atoms with Crippen LogP contribution in [0.5, 0.6) is 0 Å². The molecule has 0 bridgehead atoms. The Morgan fingerprint density at radius 2 is 2.11 bits per heavy atom. The number of hydrogen-bond donors (Lipinski definition) is 2. The highest BCUT2D eigenvalue weighted by Crippen LogP contribution is 2.23. The molecule has 1 fully saturated rings. The zero-order valence-electron chi connectivity index (χ0n) is 11.5. The van der Waals surface area contributed by atoms with Gasteiger partial charge in [0.15, 0.2) is 0 Å². The zero-order valence-corrected chi connectivity index (χ0v) is 11.5. The maximum Gasteiger partial charge on any atom is 0.0951 e. The molecule has 0 aromatic carbocycles. The van der Waals surface area contributed by atoms with Crippen molar-refractivity contribution in [2.24, 2.45) is 5.92 Å². The van der Waals surface area contributed by atoms with Crippen LogP contribution in [0.3, 0.4) is 0 Å². The van der Waals surface area contributed by atoms with Gasteiger partial charge in [-0.2, -0.15) is 0 Å². The van der Waals surface area contributed by atoms with E-state index in [0.29, 0.717) is 6.04 Å². The first kappa shape index (κ1) is 13.6. The molecule has 1 saturated carbocycles. The van der Waals surface area contributed by atoms with Gasteiger partial charge in [0.1, 0.15) is 0 Å². The molecule has 0 amide bonds. The number of aromatic nitrogens is 2. The predicted octanol–water partition coefficient (Wildman–Crippen LogP) is 2.10. The number of nitrogens with one attached hydrogen (secondary N) is 1. The fraction of sp³-hybridized carbons (Fsp3) is 0.786. The third-order valence-corrected chi connectivity index (χ3v) is 3.86. The van der Waals surface area contributed by atoms with Crippen LogP contribution in [0.15, 0.2) is 12.5 Å². The van der Waals surface area contributed by atoms with Crippen LogP contribution in [0, 0.1) is 5.92 Å². The van der Waals surface area contributed by atoms with Gasteiger partial charge in [-0.3, -0.25) is 0 Å². The van der Waals surface area contributed by atoms with E-state index >= 15 is 0 Å². The summed E-state index contributed by atoms with van der Waals surface area (Å²) in [5.74, 6) is 0.726. The molecule has 2 rings (SSSR count). The van der Waals surface area contributed by atoms with Gasteiger partial charge < -0.3 is 15.0 Å². The summed E-state index contributed by atoms with van der Waals surface area (Å²) < 4.78 is 2.21. The van der Waals surface area contributed by atoms with Crippen molar-refractivity contribution in [2.75, 3.05) is 6.54 Å². The lowest BCUT2D eigenvalue weighted by atomic mass is 9.87. The molecule has 1 aromatic heterocycles. The molecular weight excluding hydrogens is 226 g/mol. The van der Waals surface area contributed by atoms with Crippen LogP contribution in [-0.2, 0) is 6.54 Å². The second-order valence-electron chi connectivity index (χ2n) is 5.69. The molecule has 0 atom stereocenters. The summed E-state index contributed by atoms with van der Waals surface area (Å²) in [6.07, 6.45) is 8.03. The largest absolute Gasteiger partial charge is 0.393 e. The van der Waals surface area contributed by atoms with E-state index in [0.717, 1.165) is 44.7 Å². The van der Waals surface area contributed by atoms with Crippen LogP contribution in [0.25, 0.3) is 0 Å². The van der Waals surface area contributed by atoms with Crippen molar-refractivity contribution < 1.29 is 5.11 Å². The Bertz CT molecular complexity index is 354. The first-order valence-corrected chi connectivity index (χ1v) is 7.06. The SMILES string of the molecule is CC(C)n1cncc1CNCC1CCC(O)CC1. The highest BCUT2D eigenvalue weighted by atomic mass is 16.3. The number of rotatable bonds is 5. The molecule has 0 radical (unpaired) electrons. The van der Waals surface area contributed by atoms with Gasteiger partial charge in [0.25, 0.3) is 0 Å². The molecule has 0 aliphatic heterocycles. The molecule has 102 valence electrons. The maximum absolute atomic E-state index is 9.47. The number of aliphatic hydroxyl groups is 1. The normalized spacial score (nSPS) is 24.7. The van der Waals surface area contributed by atoms with Crippen LogP contribution < -0.4 is 5.32 Å². The summed E-state index contributed by atoms with van der Waals surface area (Å²) in [6, 6.07) is 0.467. The fourth-order valence-corrected chi connectivity index (χ4v) is 2.69. The Hall–Kier alpha value is -0.870. The van der Waals surface area contributed by atoms with E-state index in [9.17, 15) is 5.11 Å². The Morgan fingerprint density at radius 1 is 1.39 bits per heavy atom. The molecule has 18 heavy (non-hydrogen) atoms. The summed E-state index contributed by atoms with van der Waals surface area (Å²) in [4.78, 5) is 4.21. The molecule has 0 saturated heterocycles. The van der Waals surface area contributed by atoms with Crippen molar-refractivity contribution in [2.45, 2.75) is 58.2 Å². The van der Waals surface area contributed by atoms with Crippen molar-refractivity contribution >= 4 is 0 Å². The highest BCUT2D eigenvalue weighted by Gasteiger charge is 2.18. The Balaban J connectivity index is 1.73. The monoisotopic (exact) mass is 251 g/mol. The van der Waals surface area contributed by atoms with Crippen molar-refractivity contribution in [3.05, 3.63) is 18.2 Å². The molecule has 4 nitrogen and oxygen atoms in total. The van der Waals surface area contributed by atoms with Crippen molar-refractivity contribution in [1.29, 1.82) is 0 Å². The van der Waals surface area contributed by atoms with E-state index in [-0.39, 0.29) is 6.10 Å². The summed E-state index contributed by atoms with van der Waals surface area (Å²) in [5.41, 5.74) is 1.25. The number of aliphatic hydroxyl groups excluding tert-OH is 1. The molecule has 1 aliphatic rings. The van der Waals surface area contributed by atoms with Crippen molar-refractivity contribution in [3.8, 4) is 0 Å². The highest BCUT2D eigenvalue weighted by molar-refractivity contribution is 4.99. The second kappa shape index (κ2) is 6.34. The molecule has 0 spiro atoms. The molecule has 1 aliphatic carbocycles.